The molecule has 1 heterocycles. The number of hydrogen-bond donors (Lipinski definition) is 0. The molecule has 5 heteroatoms. The molecule has 3 nitrogen and oxygen atoms in total. The van der Waals surface area contributed by atoms with Crippen LogP contribution in [-0.2, 0) is 6.42 Å². The van der Waals surface area contributed by atoms with E-state index in [0.717, 1.165) is 29.4 Å². The highest BCUT2D eigenvalue weighted by molar-refractivity contribution is 8.01. The number of hydrogen-bond acceptors (Lipinski definition) is 5. The molecule has 1 aromatic heterocycles. The van der Waals surface area contributed by atoms with Crippen molar-refractivity contribution < 1.29 is 0 Å². The van der Waals surface area contributed by atoms with Gasteiger partial charge in [-0.25, -0.2) is 4.98 Å². The first-order chi connectivity index (χ1) is 7.33. The van der Waals surface area contributed by atoms with Gasteiger partial charge in [0.2, 0.25) is 0 Å². The van der Waals surface area contributed by atoms with Crippen LogP contribution in [0.5, 0.6) is 0 Å². The molecule has 2 unspecified atom stereocenters. The predicted molar refractivity (Wildman–Crippen MR) is 61.9 cm³/mol. The van der Waals surface area contributed by atoms with E-state index < -0.39 is 0 Å². The van der Waals surface area contributed by atoms with Gasteiger partial charge in [-0.3, -0.25) is 0 Å². The molecule has 1 aliphatic rings. The van der Waals surface area contributed by atoms with E-state index in [1.54, 1.807) is 11.8 Å². The smallest absolute Gasteiger partial charge is 0.170 e. The van der Waals surface area contributed by atoms with Gasteiger partial charge in [-0.15, -0.1) is 0 Å². The minimum atomic E-state index is 0.212. The summed E-state index contributed by atoms with van der Waals surface area (Å²) in [7, 11) is 0. The van der Waals surface area contributed by atoms with Crippen molar-refractivity contribution in [1.82, 2.24) is 9.36 Å². The van der Waals surface area contributed by atoms with Crippen LogP contribution in [-0.4, -0.2) is 14.6 Å². The molecule has 0 bridgehead atoms. The molecule has 0 spiro atoms. The molecule has 0 amide bonds. The topological polar surface area (TPSA) is 49.6 Å². The average Bonchev–Trinajstić information content (AvgIpc) is 2.87. The second-order valence-corrected chi connectivity index (χ2v) is 5.89. The molecule has 1 saturated carbocycles. The zero-order valence-corrected chi connectivity index (χ0v) is 10.3. The van der Waals surface area contributed by atoms with E-state index >= 15 is 0 Å². The molecular weight excluding hydrogens is 226 g/mol. The normalized spacial score (nSPS) is 25.3. The molecule has 2 rings (SSSR count). The van der Waals surface area contributed by atoms with Crippen LogP contribution in [0.2, 0.25) is 0 Å². The van der Waals surface area contributed by atoms with Crippen LogP contribution < -0.4 is 0 Å². The fraction of sp³-hybridized carbons (Fsp3) is 0.700. The zero-order valence-electron chi connectivity index (χ0n) is 8.64. The second-order valence-electron chi connectivity index (χ2n) is 3.65. The third kappa shape index (κ3) is 2.50. The highest BCUT2D eigenvalue weighted by Gasteiger charge is 2.28. The number of rotatable bonds is 3. The summed E-state index contributed by atoms with van der Waals surface area (Å²) in [5.74, 6) is 1.14. The fourth-order valence-electron chi connectivity index (χ4n) is 1.77. The summed E-state index contributed by atoms with van der Waals surface area (Å²) < 4.78 is 5.28. The summed E-state index contributed by atoms with van der Waals surface area (Å²) in [6.07, 6.45) is 4.26. The fourth-order valence-corrected chi connectivity index (χ4v) is 3.99. The van der Waals surface area contributed by atoms with Gasteiger partial charge in [-0.2, -0.15) is 9.64 Å². The first-order valence-electron chi connectivity index (χ1n) is 5.22. The third-order valence-electron chi connectivity index (χ3n) is 2.64. The van der Waals surface area contributed by atoms with Crippen molar-refractivity contribution >= 4 is 23.3 Å². The van der Waals surface area contributed by atoms with Crippen molar-refractivity contribution in [2.75, 3.05) is 0 Å². The van der Waals surface area contributed by atoms with Crippen LogP contribution in [0.3, 0.4) is 0 Å². The van der Waals surface area contributed by atoms with Gasteiger partial charge in [0.1, 0.15) is 5.82 Å². The molecule has 0 aromatic carbocycles. The summed E-state index contributed by atoms with van der Waals surface area (Å²) in [6, 6.07) is 2.39. The van der Waals surface area contributed by atoms with E-state index in [2.05, 4.69) is 22.4 Å². The van der Waals surface area contributed by atoms with E-state index in [9.17, 15) is 0 Å². The van der Waals surface area contributed by atoms with Crippen LogP contribution in [0.4, 0.5) is 0 Å². The Labute approximate surface area is 98.1 Å². The quantitative estimate of drug-likeness (QED) is 0.813. The van der Waals surface area contributed by atoms with Crippen molar-refractivity contribution in [3.8, 4) is 6.07 Å². The van der Waals surface area contributed by atoms with Crippen molar-refractivity contribution in [2.45, 2.75) is 42.2 Å². The molecule has 80 valence electrons. The lowest BCUT2D eigenvalue weighted by Crippen LogP contribution is -2.06. The third-order valence-corrected chi connectivity index (χ3v) is 4.86. The van der Waals surface area contributed by atoms with Gasteiger partial charge in [0.15, 0.2) is 4.34 Å². The van der Waals surface area contributed by atoms with Gasteiger partial charge in [0.25, 0.3) is 0 Å². The first-order valence-corrected chi connectivity index (χ1v) is 6.87. The number of aryl methyl sites for hydroxylation is 1. The van der Waals surface area contributed by atoms with Gasteiger partial charge in [-0.1, -0.05) is 25.1 Å². The predicted octanol–water partition coefficient (Wildman–Crippen LogP) is 2.88. The summed E-state index contributed by atoms with van der Waals surface area (Å²) in [6.45, 7) is 2.06. The van der Waals surface area contributed by atoms with Crippen LogP contribution in [0, 0.1) is 17.2 Å². The molecule has 0 N–H and O–H groups in total. The molecule has 1 fully saturated rings. The number of aromatic nitrogens is 2. The molecule has 15 heavy (non-hydrogen) atoms. The molecule has 0 radical (unpaired) electrons. The Morgan fingerprint density at radius 1 is 1.60 bits per heavy atom. The molecule has 1 aromatic rings. The lowest BCUT2D eigenvalue weighted by Gasteiger charge is -2.09. The molecular formula is C10H13N3S2. The lowest BCUT2D eigenvalue weighted by molar-refractivity contribution is 0.714. The first kappa shape index (κ1) is 10.9. The maximum atomic E-state index is 8.97. The van der Waals surface area contributed by atoms with E-state index in [4.69, 9.17) is 5.26 Å². The van der Waals surface area contributed by atoms with Crippen LogP contribution in [0.15, 0.2) is 4.34 Å². The van der Waals surface area contributed by atoms with Crippen molar-refractivity contribution in [2.24, 2.45) is 5.92 Å². The zero-order chi connectivity index (χ0) is 10.7. The molecule has 1 aliphatic carbocycles. The van der Waals surface area contributed by atoms with Gasteiger partial charge in [0.05, 0.1) is 12.0 Å². The second kappa shape index (κ2) is 4.95. The average molecular weight is 239 g/mol. The summed E-state index contributed by atoms with van der Waals surface area (Å²) in [5.41, 5.74) is 0. The minimum Gasteiger partial charge on any atom is -0.213 e. The van der Waals surface area contributed by atoms with Gasteiger partial charge in [0, 0.05) is 11.7 Å². The van der Waals surface area contributed by atoms with Crippen molar-refractivity contribution in [1.29, 1.82) is 5.26 Å². The van der Waals surface area contributed by atoms with Crippen LogP contribution >= 0.6 is 23.3 Å². The summed E-state index contributed by atoms with van der Waals surface area (Å²) >= 11 is 3.21. The Morgan fingerprint density at radius 2 is 2.47 bits per heavy atom. The Balaban J connectivity index is 1.99. The number of nitrogens with zero attached hydrogens (tertiary/aromatic N) is 3. The Morgan fingerprint density at radius 3 is 3.13 bits per heavy atom. The standard InChI is InChI=1S/C10H13N3S2/c1-2-9-12-10(15-13-9)14-8-5-3-4-7(8)6-11/h7-8H,2-5H2,1H3. The van der Waals surface area contributed by atoms with Gasteiger partial charge < -0.3 is 0 Å². The number of nitriles is 1. The summed E-state index contributed by atoms with van der Waals surface area (Å²) in [5, 5.41) is 9.41. The number of thioether (sulfide) groups is 1. The molecule has 2 atom stereocenters. The highest BCUT2D eigenvalue weighted by atomic mass is 32.2. The summed E-state index contributed by atoms with van der Waals surface area (Å²) in [4.78, 5) is 4.42. The van der Waals surface area contributed by atoms with Crippen LogP contribution in [0.25, 0.3) is 0 Å². The van der Waals surface area contributed by atoms with Crippen molar-refractivity contribution in [3.63, 3.8) is 0 Å². The maximum Gasteiger partial charge on any atom is 0.170 e. The van der Waals surface area contributed by atoms with E-state index in [-0.39, 0.29) is 5.92 Å². The molecule has 0 aliphatic heterocycles. The Hall–Kier alpha value is -0.600. The lowest BCUT2D eigenvalue weighted by atomic mass is 10.1. The Bertz CT molecular complexity index is 369. The van der Waals surface area contributed by atoms with Crippen molar-refractivity contribution in [3.05, 3.63) is 5.82 Å². The van der Waals surface area contributed by atoms with Gasteiger partial charge >= 0.3 is 0 Å². The van der Waals surface area contributed by atoms with E-state index in [0.29, 0.717) is 5.25 Å². The van der Waals surface area contributed by atoms with Gasteiger partial charge in [-0.05, 0) is 24.4 Å². The highest BCUT2D eigenvalue weighted by Crippen LogP contribution is 2.39. The molecule has 0 saturated heterocycles. The van der Waals surface area contributed by atoms with Crippen LogP contribution in [0.1, 0.15) is 32.0 Å². The van der Waals surface area contributed by atoms with E-state index in [1.165, 1.54) is 18.0 Å². The Kier molecular flexibility index (Phi) is 3.60. The largest absolute Gasteiger partial charge is 0.213 e. The maximum absolute atomic E-state index is 8.97. The minimum absolute atomic E-state index is 0.212. The monoisotopic (exact) mass is 239 g/mol. The van der Waals surface area contributed by atoms with E-state index in [1.807, 2.05) is 0 Å². The SMILES string of the molecule is CCc1nsc(SC2CCCC2C#N)n1.